The summed E-state index contributed by atoms with van der Waals surface area (Å²) in [4.78, 5) is 46.2. The number of carbonyl (C=O) groups excluding carboxylic acids is 2. The number of carbonyl (C=O) groups is 4. The van der Waals surface area contributed by atoms with Gasteiger partial charge in [-0.2, -0.15) is 0 Å². The zero-order valence-corrected chi connectivity index (χ0v) is 16.3. The van der Waals surface area contributed by atoms with E-state index in [0.717, 1.165) is 14.2 Å². The van der Waals surface area contributed by atoms with Crippen molar-refractivity contribution in [2.45, 2.75) is 0 Å². The Morgan fingerprint density at radius 1 is 0.643 bits per heavy atom. The molecule has 0 saturated carbocycles. The highest BCUT2D eigenvalue weighted by molar-refractivity contribution is 6.05. The van der Waals surface area contributed by atoms with Crippen LogP contribution in [0.1, 0.15) is 41.4 Å². The van der Waals surface area contributed by atoms with Gasteiger partial charge in [-0.05, 0) is 35.4 Å². The predicted molar refractivity (Wildman–Crippen MR) is 103 cm³/mol. The number of benzene rings is 2. The number of methoxy groups -OCH3 is 2. The molecule has 0 atom stereocenters. The van der Waals surface area contributed by atoms with Crippen LogP contribution >= 0.6 is 24.8 Å². The van der Waals surface area contributed by atoms with E-state index in [1.807, 2.05) is 0 Å². The summed E-state index contributed by atoms with van der Waals surface area (Å²) in [6, 6.07) is 7.93. The maximum atomic E-state index is 11.8. The molecular formula is C18H16Cl2O8. The summed E-state index contributed by atoms with van der Waals surface area (Å²) in [6.45, 7) is 0. The van der Waals surface area contributed by atoms with Crippen molar-refractivity contribution in [2.75, 3.05) is 14.2 Å². The minimum atomic E-state index is -1.30. The molecule has 0 fully saturated rings. The molecule has 0 amide bonds. The van der Waals surface area contributed by atoms with Crippen LogP contribution in [0, 0.1) is 0 Å². The van der Waals surface area contributed by atoms with E-state index in [-0.39, 0.29) is 47.1 Å². The fraction of sp³-hybridized carbons (Fsp3) is 0.111. The minimum absolute atomic E-state index is 0. The first kappa shape index (κ1) is 24.9. The number of hydrogen-bond acceptors (Lipinski definition) is 6. The van der Waals surface area contributed by atoms with Gasteiger partial charge in [0, 0.05) is 0 Å². The predicted octanol–water partition coefficient (Wildman–Crippen LogP) is 3.17. The normalized spacial score (nSPS) is 9.36. The molecule has 2 aromatic carbocycles. The highest BCUT2D eigenvalue weighted by Crippen LogP contribution is 2.26. The molecule has 2 N–H and O–H groups in total. The molecule has 0 bridgehead atoms. The van der Waals surface area contributed by atoms with Crippen molar-refractivity contribution in [1.82, 2.24) is 0 Å². The second-order valence-corrected chi connectivity index (χ2v) is 5.11. The van der Waals surface area contributed by atoms with Gasteiger partial charge >= 0.3 is 23.9 Å². The van der Waals surface area contributed by atoms with Crippen LogP contribution in [0.4, 0.5) is 0 Å². The summed E-state index contributed by atoms with van der Waals surface area (Å²) in [5.41, 5.74) is -0.0132. The van der Waals surface area contributed by atoms with E-state index in [0.29, 0.717) is 11.1 Å². The molecule has 10 heteroatoms. The van der Waals surface area contributed by atoms with Gasteiger partial charge < -0.3 is 19.7 Å². The summed E-state index contributed by atoms with van der Waals surface area (Å²) in [5.74, 6) is -4.26. The molecule has 2 rings (SSSR count). The third-order valence-corrected chi connectivity index (χ3v) is 3.64. The van der Waals surface area contributed by atoms with Crippen LogP contribution in [0.5, 0.6) is 0 Å². The monoisotopic (exact) mass is 430 g/mol. The molecule has 0 aliphatic carbocycles. The summed E-state index contributed by atoms with van der Waals surface area (Å²) in [7, 11) is 2.25. The number of esters is 2. The van der Waals surface area contributed by atoms with E-state index in [1.165, 1.54) is 36.4 Å². The highest BCUT2D eigenvalue weighted by atomic mass is 35.5. The molecule has 0 heterocycles. The lowest BCUT2D eigenvalue weighted by Gasteiger charge is -2.10. The molecule has 0 aliphatic rings. The maximum absolute atomic E-state index is 11.8. The van der Waals surface area contributed by atoms with Crippen LogP contribution < -0.4 is 0 Å². The van der Waals surface area contributed by atoms with E-state index in [9.17, 15) is 29.4 Å². The first-order valence-electron chi connectivity index (χ1n) is 7.21. The van der Waals surface area contributed by atoms with Crippen molar-refractivity contribution >= 4 is 48.7 Å². The molecule has 8 nitrogen and oxygen atoms in total. The first-order valence-corrected chi connectivity index (χ1v) is 7.21. The van der Waals surface area contributed by atoms with E-state index in [1.54, 1.807) is 0 Å². The number of carboxylic acids is 2. The van der Waals surface area contributed by atoms with Crippen molar-refractivity contribution in [2.24, 2.45) is 0 Å². The van der Waals surface area contributed by atoms with Gasteiger partial charge in [-0.15, -0.1) is 24.8 Å². The smallest absolute Gasteiger partial charge is 0.338 e. The minimum Gasteiger partial charge on any atom is -0.478 e. The van der Waals surface area contributed by atoms with Gasteiger partial charge in [-0.3, -0.25) is 0 Å². The maximum Gasteiger partial charge on any atom is 0.338 e. The third kappa shape index (κ3) is 4.99. The molecule has 150 valence electrons. The average Bonchev–Trinajstić information content (AvgIpc) is 2.65. The lowest BCUT2D eigenvalue weighted by Crippen LogP contribution is -2.11. The Balaban J connectivity index is 0.00000364. The lowest BCUT2D eigenvalue weighted by atomic mass is 9.96. The Kier molecular flexibility index (Phi) is 9.15. The Labute approximate surface area is 171 Å². The first-order chi connectivity index (χ1) is 12.3. The highest BCUT2D eigenvalue weighted by Gasteiger charge is 2.21. The number of aromatic carboxylic acids is 2. The standard InChI is InChI=1S/C18H14O8.2ClH/c1-25-17(23)13-7-9(3-5-11(13)15(19)20)10-4-6-12(16(21)22)14(8-10)18(24)26-2;;/h3-8H,1-2H3,(H,19,20)(H,21,22);2*1H. The van der Waals surface area contributed by atoms with Gasteiger partial charge in [0.05, 0.1) is 36.5 Å². The Morgan fingerprint density at radius 2 is 0.964 bits per heavy atom. The number of halogens is 2. The fourth-order valence-corrected chi connectivity index (χ4v) is 2.38. The SMILES string of the molecule is COC(=O)c1cc(-c2ccc(C(=O)O)c(C(=O)OC)c2)ccc1C(=O)O.Cl.Cl. The van der Waals surface area contributed by atoms with E-state index in [4.69, 9.17) is 0 Å². The molecule has 28 heavy (non-hydrogen) atoms. The second-order valence-electron chi connectivity index (χ2n) is 5.11. The second kappa shape index (κ2) is 10.3. The zero-order valence-electron chi connectivity index (χ0n) is 14.6. The van der Waals surface area contributed by atoms with Crippen LogP contribution in [-0.2, 0) is 9.47 Å². The molecule has 0 spiro atoms. The molecule has 0 radical (unpaired) electrons. The molecule has 0 aromatic heterocycles. The molecule has 0 saturated heterocycles. The van der Waals surface area contributed by atoms with Crippen molar-refractivity contribution in [1.29, 1.82) is 0 Å². The zero-order chi connectivity index (χ0) is 19.4. The van der Waals surface area contributed by atoms with Gasteiger partial charge in [-0.25, -0.2) is 19.2 Å². The summed E-state index contributed by atoms with van der Waals surface area (Å²) in [6.07, 6.45) is 0. The average molecular weight is 431 g/mol. The van der Waals surface area contributed by atoms with Gasteiger partial charge in [0.2, 0.25) is 0 Å². The fourth-order valence-electron chi connectivity index (χ4n) is 2.38. The van der Waals surface area contributed by atoms with Gasteiger partial charge in [0.15, 0.2) is 0 Å². The summed E-state index contributed by atoms with van der Waals surface area (Å²) >= 11 is 0. The number of carboxylic acid groups (broad SMARTS) is 2. The Morgan fingerprint density at radius 3 is 1.21 bits per heavy atom. The quantitative estimate of drug-likeness (QED) is 0.692. The van der Waals surface area contributed by atoms with E-state index in [2.05, 4.69) is 9.47 Å². The Bertz CT molecular complexity index is 848. The molecular weight excluding hydrogens is 415 g/mol. The third-order valence-electron chi connectivity index (χ3n) is 3.64. The van der Waals surface area contributed by atoms with Gasteiger partial charge in [-0.1, -0.05) is 12.1 Å². The summed E-state index contributed by atoms with van der Waals surface area (Å²) < 4.78 is 9.19. The van der Waals surface area contributed by atoms with Crippen molar-refractivity contribution in [3.63, 3.8) is 0 Å². The largest absolute Gasteiger partial charge is 0.478 e. The molecule has 0 aliphatic heterocycles. The van der Waals surface area contributed by atoms with Crippen molar-refractivity contribution in [3.8, 4) is 11.1 Å². The lowest BCUT2D eigenvalue weighted by molar-refractivity contribution is 0.0579. The number of rotatable bonds is 5. The number of hydrogen-bond donors (Lipinski definition) is 2. The van der Waals surface area contributed by atoms with E-state index < -0.39 is 23.9 Å². The topological polar surface area (TPSA) is 127 Å². The van der Waals surface area contributed by atoms with Gasteiger partial charge in [0.25, 0.3) is 0 Å². The Hall–Kier alpha value is -3.10. The molecule has 2 aromatic rings. The summed E-state index contributed by atoms with van der Waals surface area (Å²) in [5, 5.41) is 18.4. The van der Waals surface area contributed by atoms with E-state index >= 15 is 0 Å². The number of ether oxygens (including phenoxy) is 2. The van der Waals surface area contributed by atoms with Crippen LogP contribution in [0.3, 0.4) is 0 Å². The molecule has 0 unspecified atom stereocenters. The van der Waals surface area contributed by atoms with Crippen molar-refractivity contribution < 1.29 is 38.9 Å². The van der Waals surface area contributed by atoms with Crippen LogP contribution in [0.15, 0.2) is 36.4 Å². The van der Waals surface area contributed by atoms with Crippen molar-refractivity contribution in [3.05, 3.63) is 58.7 Å². The van der Waals surface area contributed by atoms with Gasteiger partial charge in [0.1, 0.15) is 0 Å². The van der Waals surface area contributed by atoms with Crippen LogP contribution in [-0.4, -0.2) is 48.3 Å². The van der Waals surface area contributed by atoms with Crippen LogP contribution in [0.2, 0.25) is 0 Å². The van der Waals surface area contributed by atoms with Crippen LogP contribution in [0.25, 0.3) is 11.1 Å².